The largest absolute Gasteiger partial charge is 0.354 e. The summed E-state index contributed by atoms with van der Waals surface area (Å²) in [5, 5.41) is 9.35. The number of hydrogen-bond acceptors (Lipinski definition) is 3. The normalized spacial score (nSPS) is 11.9. The summed E-state index contributed by atoms with van der Waals surface area (Å²) in [6, 6.07) is 42.3. The number of benzene rings is 3. The van der Waals surface area contributed by atoms with Crippen molar-refractivity contribution in [1.29, 1.82) is 5.26 Å². The van der Waals surface area contributed by atoms with Crippen molar-refractivity contribution in [1.82, 2.24) is 19.9 Å². The number of H-pyrrole nitrogens is 2. The Balaban J connectivity index is 1.54. The van der Waals surface area contributed by atoms with Crippen molar-refractivity contribution in [3.05, 3.63) is 144 Å². The molecule has 6 aromatic rings. The summed E-state index contributed by atoms with van der Waals surface area (Å²) in [7, 11) is 0. The number of nitrogens with one attached hydrogen (secondary N) is 2. The zero-order valence-electron chi connectivity index (χ0n) is 25.7. The van der Waals surface area contributed by atoms with Crippen LogP contribution in [0.2, 0.25) is 0 Å². The number of aromatic nitrogens is 4. The van der Waals surface area contributed by atoms with Gasteiger partial charge in [-0.2, -0.15) is 5.26 Å². The lowest BCUT2D eigenvalue weighted by atomic mass is 10.0. The second kappa shape index (κ2) is 12.3. The van der Waals surface area contributed by atoms with Crippen LogP contribution in [0.25, 0.3) is 79.8 Å². The standard InChI is InChI=1S/C42H31N5/c43-27-11-10-18-31-32-19-21-34(44-32)40(28-12-4-1-5-13-28)36-23-25-38(46-36)42(30-16-8-3-9-17-30)39-26-24-37(47-39)41(29-14-6-2-7-15-29)35-22-20-33(31)45-35/h1-9,12-17,19-26,46-47H,10-11,18H2. The number of rotatable bonds is 6. The Morgan fingerprint density at radius 1 is 0.468 bits per heavy atom. The van der Waals surface area contributed by atoms with E-state index in [1.54, 1.807) is 0 Å². The minimum Gasteiger partial charge on any atom is -0.354 e. The number of unbranched alkanes of at least 4 members (excludes halogenated alkanes) is 1. The molecule has 47 heavy (non-hydrogen) atoms. The summed E-state index contributed by atoms with van der Waals surface area (Å²) in [5.74, 6) is 0. The molecule has 3 aromatic heterocycles. The fraction of sp³-hybridized carbons (Fsp3) is 0.0714. The zero-order chi connectivity index (χ0) is 31.6. The molecule has 0 unspecified atom stereocenters. The summed E-state index contributed by atoms with van der Waals surface area (Å²) >= 11 is 0. The van der Waals surface area contributed by atoms with E-state index in [2.05, 4.69) is 137 Å². The Hall–Kier alpha value is -6.25. The van der Waals surface area contributed by atoms with Gasteiger partial charge >= 0.3 is 0 Å². The molecule has 224 valence electrons. The predicted molar refractivity (Wildman–Crippen MR) is 194 cm³/mol. The van der Waals surface area contributed by atoms with Crippen LogP contribution in [0.1, 0.15) is 41.2 Å². The van der Waals surface area contributed by atoms with Crippen molar-refractivity contribution < 1.29 is 0 Å². The minimum absolute atomic E-state index is 0.476. The van der Waals surface area contributed by atoms with Gasteiger partial charge in [-0.25, -0.2) is 9.97 Å². The van der Waals surface area contributed by atoms with E-state index in [0.29, 0.717) is 12.8 Å². The van der Waals surface area contributed by atoms with Crippen molar-refractivity contribution in [2.45, 2.75) is 19.3 Å². The van der Waals surface area contributed by atoms with Crippen molar-refractivity contribution in [3.63, 3.8) is 0 Å². The lowest BCUT2D eigenvalue weighted by Gasteiger charge is -2.06. The van der Waals surface area contributed by atoms with E-state index >= 15 is 0 Å². The quantitative estimate of drug-likeness (QED) is 0.185. The monoisotopic (exact) mass is 605 g/mol. The van der Waals surface area contributed by atoms with Gasteiger partial charge in [0.25, 0.3) is 0 Å². The van der Waals surface area contributed by atoms with Crippen LogP contribution < -0.4 is 0 Å². The molecule has 2 aliphatic rings. The van der Waals surface area contributed by atoms with Crippen molar-refractivity contribution >= 4 is 46.4 Å². The number of fused-ring (bicyclic) bond motifs is 8. The maximum absolute atomic E-state index is 9.35. The van der Waals surface area contributed by atoms with E-state index in [0.717, 1.165) is 90.2 Å². The lowest BCUT2D eigenvalue weighted by molar-refractivity contribution is 0.840. The van der Waals surface area contributed by atoms with Crippen molar-refractivity contribution in [2.24, 2.45) is 0 Å². The van der Waals surface area contributed by atoms with Crippen LogP contribution in [0.5, 0.6) is 0 Å². The third-order valence-electron chi connectivity index (χ3n) is 8.76. The van der Waals surface area contributed by atoms with Gasteiger partial charge < -0.3 is 9.97 Å². The molecule has 5 heteroatoms. The average molecular weight is 606 g/mol. The molecule has 0 amide bonds. The Morgan fingerprint density at radius 3 is 1.28 bits per heavy atom. The van der Waals surface area contributed by atoms with Crippen LogP contribution in [-0.2, 0) is 6.42 Å². The maximum Gasteiger partial charge on any atom is 0.0737 e. The van der Waals surface area contributed by atoms with Gasteiger partial charge in [0.1, 0.15) is 0 Å². The van der Waals surface area contributed by atoms with Crippen LogP contribution in [-0.4, -0.2) is 19.9 Å². The first-order valence-electron chi connectivity index (χ1n) is 15.9. The first-order chi connectivity index (χ1) is 23.3. The molecular weight excluding hydrogens is 574 g/mol. The predicted octanol–water partition coefficient (Wildman–Crippen LogP) is 10.5. The Kier molecular flexibility index (Phi) is 7.37. The molecule has 0 saturated heterocycles. The lowest BCUT2D eigenvalue weighted by Crippen LogP contribution is -1.95. The second-order valence-electron chi connectivity index (χ2n) is 11.7. The van der Waals surface area contributed by atoms with E-state index in [1.165, 1.54) is 0 Å². The molecule has 0 atom stereocenters. The fourth-order valence-corrected chi connectivity index (χ4v) is 6.60. The van der Waals surface area contributed by atoms with E-state index in [1.807, 2.05) is 18.2 Å². The molecule has 0 saturated carbocycles. The van der Waals surface area contributed by atoms with Gasteiger partial charge in [-0.3, -0.25) is 0 Å². The number of aromatic amines is 2. The van der Waals surface area contributed by atoms with E-state index < -0.39 is 0 Å². The van der Waals surface area contributed by atoms with E-state index in [-0.39, 0.29) is 0 Å². The second-order valence-corrected chi connectivity index (χ2v) is 11.7. The molecule has 2 aliphatic heterocycles. The van der Waals surface area contributed by atoms with Gasteiger partial charge in [-0.05, 0) is 78.1 Å². The first kappa shape index (κ1) is 28.2. The van der Waals surface area contributed by atoms with E-state index in [4.69, 9.17) is 9.97 Å². The molecule has 8 bridgehead atoms. The third-order valence-corrected chi connectivity index (χ3v) is 8.76. The van der Waals surface area contributed by atoms with Crippen LogP contribution >= 0.6 is 0 Å². The molecule has 8 rings (SSSR count). The van der Waals surface area contributed by atoms with Crippen LogP contribution in [0.4, 0.5) is 0 Å². The molecule has 5 nitrogen and oxygen atoms in total. The van der Waals surface area contributed by atoms with Crippen molar-refractivity contribution in [3.8, 4) is 39.4 Å². The molecule has 0 aliphatic carbocycles. The van der Waals surface area contributed by atoms with Gasteiger partial charge in [0.2, 0.25) is 0 Å². The summed E-state index contributed by atoms with van der Waals surface area (Å²) < 4.78 is 0. The van der Waals surface area contributed by atoms with Gasteiger partial charge in [0.15, 0.2) is 0 Å². The first-order valence-corrected chi connectivity index (χ1v) is 15.9. The fourth-order valence-electron chi connectivity index (χ4n) is 6.60. The SMILES string of the molecule is N#CCCCc1c2nc(c(-c3ccccc3)c3ccc([nH]3)c(-c3ccccc3)c3ccc([nH]3)c(-c3ccccc3)c3nc1C=C3)C=C2. The van der Waals surface area contributed by atoms with Crippen LogP contribution in [0, 0.1) is 11.3 Å². The van der Waals surface area contributed by atoms with Crippen molar-refractivity contribution in [2.75, 3.05) is 0 Å². The smallest absolute Gasteiger partial charge is 0.0737 e. The Bertz CT molecular complexity index is 2230. The summed E-state index contributed by atoms with van der Waals surface area (Å²) in [6.07, 6.45) is 10.3. The van der Waals surface area contributed by atoms with Gasteiger partial charge in [0, 0.05) is 50.7 Å². The zero-order valence-corrected chi connectivity index (χ0v) is 25.7. The highest BCUT2D eigenvalue weighted by molar-refractivity contribution is 5.99. The minimum atomic E-state index is 0.476. The average Bonchev–Trinajstić information content (AvgIpc) is 3.95. The highest BCUT2D eigenvalue weighted by Gasteiger charge is 2.18. The van der Waals surface area contributed by atoms with Gasteiger partial charge in [0.05, 0.1) is 28.8 Å². The maximum atomic E-state index is 9.35. The topological polar surface area (TPSA) is 81.1 Å². The number of hydrogen-bond donors (Lipinski definition) is 2. The van der Waals surface area contributed by atoms with Crippen LogP contribution in [0.15, 0.2) is 115 Å². The van der Waals surface area contributed by atoms with E-state index in [9.17, 15) is 5.26 Å². The summed E-state index contributed by atoms with van der Waals surface area (Å²) in [4.78, 5) is 18.1. The molecule has 3 aromatic carbocycles. The van der Waals surface area contributed by atoms with Crippen LogP contribution in [0.3, 0.4) is 0 Å². The highest BCUT2D eigenvalue weighted by Crippen LogP contribution is 2.36. The summed E-state index contributed by atoms with van der Waals surface area (Å²) in [6.45, 7) is 0. The third kappa shape index (κ3) is 5.37. The van der Waals surface area contributed by atoms with Gasteiger partial charge in [-0.15, -0.1) is 0 Å². The summed E-state index contributed by atoms with van der Waals surface area (Å²) in [5.41, 5.74) is 15.0. The highest BCUT2D eigenvalue weighted by atomic mass is 14.8. The molecule has 0 spiro atoms. The number of nitriles is 1. The molecule has 2 N–H and O–H groups in total. The molecule has 5 heterocycles. The number of nitrogens with zero attached hydrogens (tertiary/aromatic N) is 3. The Labute approximate surface area is 273 Å². The van der Waals surface area contributed by atoms with Gasteiger partial charge in [-0.1, -0.05) is 91.0 Å². The molecular formula is C42H31N5. The Morgan fingerprint density at radius 2 is 0.851 bits per heavy atom. The molecule has 0 fully saturated rings. The molecule has 0 radical (unpaired) electrons.